The molecule has 0 unspecified atom stereocenters. The number of ether oxygens (including phenoxy) is 2. The number of amides is 1. The van der Waals surface area contributed by atoms with Crippen molar-refractivity contribution in [3.05, 3.63) is 59.5 Å². The van der Waals surface area contributed by atoms with E-state index in [1.54, 1.807) is 5.38 Å². The first kappa shape index (κ1) is 23.1. The van der Waals surface area contributed by atoms with Crippen LogP contribution in [0.25, 0.3) is 11.3 Å². The van der Waals surface area contributed by atoms with Gasteiger partial charge >= 0.3 is 0 Å². The molecular weight excluding hydrogens is 448 g/mol. The summed E-state index contributed by atoms with van der Waals surface area (Å²) in [5.41, 5.74) is 0.943. The van der Waals surface area contributed by atoms with E-state index in [-0.39, 0.29) is 18.6 Å². The summed E-state index contributed by atoms with van der Waals surface area (Å²) < 4.78 is 38.3. The summed E-state index contributed by atoms with van der Waals surface area (Å²) >= 11 is 1.24. The molecule has 1 amide bonds. The number of para-hydroxylation sites is 2. The van der Waals surface area contributed by atoms with Crippen molar-refractivity contribution in [2.75, 3.05) is 31.6 Å². The minimum Gasteiger partial charge on any atom is -0.490 e. The van der Waals surface area contributed by atoms with E-state index in [1.165, 1.54) is 17.4 Å². The van der Waals surface area contributed by atoms with Crippen LogP contribution < -0.4 is 14.8 Å². The first-order chi connectivity index (χ1) is 16.0. The Balaban J connectivity index is 1.25. The molecular formula is C24H25F2N3O3S. The lowest BCUT2D eigenvalue weighted by Crippen LogP contribution is -2.42. The summed E-state index contributed by atoms with van der Waals surface area (Å²) in [7, 11) is 0. The van der Waals surface area contributed by atoms with Gasteiger partial charge in [-0.15, -0.1) is 11.3 Å². The van der Waals surface area contributed by atoms with Crippen LogP contribution in [0.1, 0.15) is 19.8 Å². The fraction of sp³-hybridized carbons (Fsp3) is 0.333. The van der Waals surface area contributed by atoms with E-state index in [0.29, 0.717) is 23.0 Å². The molecule has 0 spiro atoms. The van der Waals surface area contributed by atoms with E-state index in [2.05, 4.69) is 15.2 Å². The van der Waals surface area contributed by atoms with Crippen molar-refractivity contribution in [3.8, 4) is 22.8 Å². The topological polar surface area (TPSA) is 63.7 Å². The molecule has 9 heteroatoms. The molecule has 4 rings (SSSR count). The number of halogens is 2. The fourth-order valence-corrected chi connectivity index (χ4v) is 4.40. The number of thiazole rings is 1. The average molecular weight is 474 g/mol. The Bertz CT molecular complexity index is 1100. The third-order valence-electron chi connectivity index (χ3n) is 5.31. The molecule has 33 heavy (non-hydrogen) atoms. The van der Waals surface area contributed by atoms with E-state index in [1.807, 2.05) is 31.2 Å². The van der Waals surface area contributed by atoms with Gasteiger partial charge in [0.1, 0.15) is 6.10 Å². The third-order valence-corrected chi connectivity index (χ3v) is 6.07. The zero-order valence-corrected chi connectivity index (χ0v) is 19.0. The van der Waals surface area contributed by atoms with Crippen molar-refractivity contribution in [2.24, 2.45) is 0 Å². The van der Waals surface area contributed by atoms with Gasteiger partial charge < -0.3 is 14.8 Å². The minimum absolute atomic E-state index is 0.0727. The highest BCUT2D eigenvalue weighted by Crippen LogP contribution is 2.29. The van der Waals surface area contributed by atoms with Gasteiger partial charge in [-0.2, -0.15) is 0 Å². The first-order valence-corrected chi connectivity index (χ1v) is 11.7. The number of nitrogens with one attached hydrogen (secondary N) is 1. The first-order valence-electron chi connectivity index (χ1n) is 10.8. The molecule has 1 aliphatic rings. The second-order valence-corrected chi connectivity index (χ2v) is 8.55. The predicted molar refractivity (Wildman–Crippen MR) is 124 cm³/mol. The fourth-order valence-electron chi connectivity index (χ4n) is 3.67. The highest BCUT2D eigenvalue weighted by atomic mass is 32.1. The van der Waals surface area contributed by atoms with Crippen LogP contribution in [0, 0.1) is 11.6 Å². The van der Waals surface area contributed by atoms with Crippen molar-refractivity contribution < 1.29 is 23.0 Å². The lowest BCUT2D eigenvalue weighted by atomic mass is 10.1. The Morgan fingerprint density at radius 1 is 1.15 bits per heavy atom. The van der Waals surface area contributed by atoms with Gasteiger partial charge in [0.05, 0.1) is 18.8 Å². The molecule has 0 radical (unpaired) electrons. The van der Waals surface area contributed by atoms with Gasteiger partial charge in [0.2, 0.25) is 5.91 Å². The summed E-state index contributed by atoms with van der Waals surface area (Å²) in [4.78, 5) is 18.9. The van der Waals surface area contributed by atoms with Gasteiger partial charge in [-0.05, 0) is 50.1 Å². The average Bonchev–Trinajstić information content (AvgIpc) is 3.27. The highest BCUT2D eigenvalue weighted by Gasteiger charge is 2.23. The lowest BCUT2D eigenvalue weighted by Gasteiger charge is -2.31. The Morgan fingerprint density at radius 3 is 2.64 bits per heavy atom. The number of nitrogens with zero attached hydrogens (tertiary/aromatic N) is 2. The maximum Gasteiger partial charge on any atom is 0.240 e. The monoisotopic (exact) mass is 473 g/mol. The zero-order valence-electron chi connectivity index (χ0n) is 18.2. The van der Waals surface area contributed by atoms with Crippen LogP contribution in [-0.2, 0) is 4.79 Å². The molecule has 1 aromatic heterocycles. The second kappa shape index (κ2) is 10.7. The van der Waals surface area contributed by atoms with Crippen LogP contribution >= 0.6 is 11.3 Å². The van der Waals surface area contributed by atoms with E-state index < -0.39 is 11.6 Å². The number of aromatic nitrogens is 1. The molecule has 0 saturated carbocycles. The van der Waals surface area contributed by atoms with Crippen LogP contribution in [0.2, 0.25) is 0 Å². The van der Waals surface area contributed by atoms with Crippen LogP contribution in [0.4, 0.5) is 13.9 Å². The Hall–Kier alpha value is -3.04. The minimum atomic E-state index is -0.931. The maximum atomic E-state index is 13.5. The molecule has 0 aliphatic carbocycles. The molecule has 2 heterocycles. The Morgan fingerprint density at radius 2 is 1.91 bits per heavy atom. The van der Waals surface area contributed by atoms with Gasteiger partial charge in [-0.1, -0.05) is 12.1 Å². The molecule has 174 valence electrons. The van der Waals surface area contributed by atoms with E-state index in [9.17, 15) is 13.6 Å². The number of benzene rings is 2. The Labute approximate surface area is 195 Å². The van der Waals surface area contributed by atoms with E-state index in [0.717, 1.165) is 49.6 Å². The van der Waals surface area contributed by atoms with Gasteiger partial charge in [-0.3, -0.25) is 9.69 Å². The summed E-state index contributed by atoms with van der Waals surface area (Å²) in [6, 6.07) is 11.3. The molecule has 3 aromatic rings. The summed E-state index contributed by atoms with van der Waals surface area (Å²) in [5, 5.41) is 4.91. The van der Waals surface area contributed by atoms with Gasteiger partial charge in [0.15, 0.2) is 28.3 Å². The van der Waals surface area contributed by atoms with Crippen molar-refractivity contribution in [2.45, 2.75) is 25.9 Å². The molecule has 6 nitrogen and oxygen atoms in total. The van der Waals surface area contributed by atoms with Crippen LogP contribution in [0.5, 0.6) is 11.5 Å². The SMILES string of the molecule is CCOc1ccccc1OC1CCN(CC(=O)Nc2nc(-c3ccc(F)c(F)c3)cs2)CC1. The van der Waals surface area contributed by atoms with Gasteiger partial charge in [-0.25, -0.2) is 13.8 Å². The molecule has 2 aromatic carbocycles. The number of carbonyl (C=O) groups excluding carboxylic acids is 1. The second-order valence-electron chi connectivity index (χ2n) is 7.69. The van der Waals surface area contributed by atoms with Crippen molar-refractivity contribution in [1.29, 1.82) is 0 Å². The molecule has 0 atom stereocenters. The molecule has 1 N–H and O–H groups in total. The number of hydrogen-bond acceptors (Lipinski definition) is 6. The molecule has 1 saturated heterocycles. The van der Waals surface area contributed by atoms with Gasteiger partial charge in [0, 0.05) is 24.0 Å². The van der Waals surface area contributed by atoms with E-state index >= 15 is 0 Å². The van der Waals surface area contributed by atoms with Crippen molar-refractivity contribution in [3.63, 3.8) is 0 Å². The summed E-state index contributed by atoms with van der Waals surface area (Å²) in [6.45, 7) is 4.26. The number of likely N-dealkylation sites (tertiary alicyclic amines) is 1. The standard InChI is InChI=1S/C24H25F2N3O3S/c1-2-31-21-5-3-4-6-22(21)32-17-9-11-29(12-10-17)14-23(30)28-24-27-20(15-33-24)16-7-8-18(25)19(26)13-16/h3-8,13,15,17H,2,9-12,14H2,1H3,(H,27,28,30). The molecule has 1 fully saturated rings. The zero-order chi connectivity index (χ0) is 23.2. The number of anilines is 1. The van der Waals surface area contributed by atoms with Crippen LogP contribution in [-0.4, -0.2) is 48.1 Å². The predicted octanol–water partition coefficient (Wildman–Crippen LogP) is 4.97. The Kier molecular flexibility index (Phi) is 7.51. The maximum absolute atomic E-state index is 13.5. The quantitative estimate of drug-likeness (QED) is 0.501. The van der Waals surface area contributed by atoms with Crippen LogP contribution in [0.3, 0.4) is 0 Å². The largest absolute Gasteiger partial charge is 0.490 e. The number of rotatable bonds is 8. The molecule has 0 bridgehead atoms. The summed E-state index contributed by atoms with van der Waals surface area (Å²) in [5.74, 6) is -0.513. The summed E-state index contributed by atoms with van der Waals surface area (Å²) in [6.07, 6.45) is 1.69. The smallest absolute Gasteiger partial charge is 0.240 e. The third kappa shape index (κ3) is 6.06. The van der Waals surface area contributed by atoms with Crippen molar-refractivity contribution >= 4 is 22.4 Å². The van der Waals surface area contributed by atoms with Crippen LogP contribution in [0.15, 0.2) is 47.8 Å². The van der Waals surface area contributed by atoms with Gasteiger partial charge in [0.25, 0.3) is 0 Å². The van der Waals surface area contributed by atoms with Crippen molar-refractivity contribution in [1.82, 2.24) is 9.88 Å². The highest BCUT2D eigenvalue weighted by molar-refractivity contribution is 7.14. The number of piperidine rings is 1. The molecule has 1 aliphatic heterocycles. The number of hydrogen-bond donors (Lipinski definition) is 1. The number of carbonyl (C=O) groups is 1. The lowest BCUT2D eigenvalue weighted by molar-refractivity contribution is -0.117. The van der Waals surface area contributed by atoms with E-state index in [4.69, 9.17) is 9.47 Å². The normalized spacial score (nSPS) is 14.8.